The summed E-state index contributed by atoms with van der Waals surface area (Å²) in [5.41, 5.74) is 3.50. The Hall–Kier alpha value is -3.82. The van der Waals surface area contributed by atoms with Crippen LogP contribution < -0.4 is 15.4 Å². The number of benzene rings is 3. The first-order valence-corrected chi connectivity index (χ1v) is 12.8. The number of methoxy groups -OCH3 is 1. The number of hydrogen-bond acceptors (Lipinski definition) is 6. The molecule has 10 heteroatoms. The van der Waals surface area contributed by atoms with E-state index in [4.69, 9.17) is 21.4 Å². The molecule has 0 saturated heterocycles. The minimum atomic E-state index is -0.604. The van der Waals surface area contributed by atoms with E-state index in [0.29, 0.717) is 50.2 Å². The van der Waals surface area contributed by atoms with E-state index in [1.807, 2.05) is 31.2 Å². The van der Waals surface area contributed by atoms with Crippen molar-refractivity contribution in [3.05, 3.63) is 106 Å². The van der Waals surface area contributed by atoms with Crippen molar-refractivity contribution in [3.8, 4) is 5.75 Å². The molecule has 1 amide bonds. The fraction of sp³-hybridized carbons (Fsp3) is 0.148. The van der Waals surface area contributed by atoms with Gasteiger partial charge in [-0.1, -0.05) is 47.6 Å². The Morgan fingerprint density at radius 2 is 1.81 bits per heavy atom. The number of allylic oxidation sites excluding steroid dienone is 1. The van der Waals surface area contributed by atoms with Crippen LogP contribution in [0.1, 0.15) is 24.1 Å². The molecule has 0 unspecified atom stereocenters. The first-order chi connectivity index (χ1) is 17.9. The molecule has 188 valence electrons. The summed E-state index contributed by atoms with van der Waals surface area (Å²) in [6, 6.07) is 20.1. The van der Waals surface area contributed by atoms with Gasteiger partial charge >= 0.3 is 0 Å². The van der Waals surface area contributed by atoms with E-state index in [0.717, 1.165) is 5.56 Å². The number of aromatic nitrogens is 3. The number of amides is 1. The summed E-state index contributed by atoms with van der Waals surface area (Å²) in [4.78, 5) is 18.2. The van der Waals surface area contributed by atoms with Crippen molar-refractivity contribution in [2.24, 2.45) is 0 Å². The zero-order valence-electron chi connectivity index (χ0n) is 20.0. The molecule has 0 saturated carbocycles. The van der Waals surface area contributed by atoms with Gasteiger partial charge in [-0.15, -0.1) is 5.10 Å². The number of carbonyl (C=O) groups is 1. The molecule has 1 aliphatic heterocycles. The summed E-state index contributed by atoms with van der Waals surface area (Å²) in [5.74, 6) is 1.18. The molecule has 3 aromatic carbocycles. The van der Waals surface area contributed by atoms with Crippen LogP contribution in [0, 0.1) is 5.82 Å². The molecule has 5 rings (SSSR count). The first kappa shape index (κ1) is 24.9. The monoisotopic (exact) mass is 535 g/mol. The minimum absolute atomic E-state index is 0.305. The molecule has 1 atom stereocenters. The first-order valence-electron chi connectivity index (χ1n) is 11.4. The Morgan fingerprint density at radius 1 is 1.11 bits per heavy atom. The van der Waals surface area contributed by atoms with Crippen molar-refractivity contribution in [1.29, 1.82) is 0 Å². The van der Waals surface area contributed by atoms with Gasteiger partial charge in [-0.3, -0.25) is 4.79 Å². The highest BCUT2D eigenvalue weighted by Crippen LogP contribution is 2.37. The topological polar surface area (TPSA) is 81.1 Å². The van der Waals surface area contributed by atoms with Gasteiger partial charge in [0.05, 0.1) is 12.7 Å². The smallest absolute Gasteiger partial charge is 0.255 e. The maximum absolute atomic E-state index is 13.8. The fourth-order valence-corrected chi connectivity index (χ4v) is 4.95. The number of thioether (sulfide) groups is 1. The highest BCUT2D eigenvalue weighted by molar-refractivity contribution is 7.98. The Morgan fingerprint density at radius 3 is 2.49 bits per heavy atom. The lowest BCUT2D eigenvalue weighted by atomic mass is 9.95. The number of hydrogen-bond donors (Lipinski definition) is 2. The number of rotatable bonds is 7. The van der Waals surface area contributed by atoms with Crippen molar-refractivity contribution in [3.63, 3.8) is 0 Å². The second-order valence-corrected chi connectivity index (χ2v) is 9.76. The summed E-state index contributed by atoms with van der Waals surface area (Å²) < 4.78 is 20.6. The van der Waals surface area contributed by atoms with Crippen LogP contribution in [0.4, 0.5) is 16.0 Å². The van der Waals surface area contributed by atoms with Crippen LogP contribution >= 0.6 is 23.4 Å². The zero-order valence-corrected chi connectivity index (χ0v) is 21.6. The van der Waals surface area contributed by atoms with Gasteiger partial charge in [-0.05, 0) is 66.6 Å². The van der Waals surface area contributed by atoms with Gasteiger partial charge < -0.3 is 15.4 Å². The second-order valence-electron chi connectivity index (χ2n) is 8.38. The van der Waals surface area contributed by atoms with Crippen LogP contribution in [0.25, 0.3) is 0 Å². The van der Waals surface area contributed by atoms with Gasteiger partial charge in [0.1, 0.15) is 17.6 Å². The molecule has 2 N–H and O–H groups in total. The summed E-state index contributed by atoms with van der Waals surface area (Å²) in [7, 11) is 1.58. The quantitative estimate of drug-likeness (QED) is 0.270. The van der Waals surface area contributed by atoms with Gasteiger partial charge in [0, 0.05) is 22.2 Å². The van der Waals surface area contributed by atoms with E-state index in [2.05, 4.69) is 15.6 Å². The molecular weight excluding hydrogens is 513 g/mol. The second kappa shape index (κ2) is 10.7. The molecule has 7 nitrogen and oxygen atoms in total. The lowest BCUT2D eigenvalue weighted by Gasteiger charge is -2.28. The largest absolute Gasteiger partial charge is 0.497 e. The van der Waals surface area contributed by atoms with Crippen molar-refractivity contribution >= 4 is 40.9 Å². The van der Waals surface area contributed by atoms with Crippen molar-refractivity contribution in [2.75, 3.05) is 17.7 Å². The highest BCUT2D eigenvalue weighted by Gasteiger charge is 2.34. The molecule has 0 bridgehead atoms. The van der Waals surface area contributed by atoms with Gasteiger partial charge in [0.25, 0.3) is 5.91 Å². The van der Waals surface area contributed by atoms with Gasteiger partial charge in [0.2, 0.25) is 11.1 Å². The van der Waals surface area contributed by atoms with Crippen LogP contribution in [-0.2, 0) is 10.5 Å². The molecule has 2 heterocycles. The predicted molar refractivity (Wildman–Crippen MR) is 144 cm³/mol. The maximum Gasteiger partial charge on any atom is 0.255 e. The molecule has 0 radical (unpaired) electrons. The highest BCUT2D eigenvalue weighted by atomic mass is 35.5. The standard InChI is InChI=1S/C27H23ClFN5O2S/c1-16-23(25(35)31-21-11-13-22(36-2)14-12-21)24(18-5-9-20(29)10-6-18)34-26(30-16)32-27(33-34)37-15-17-3-7-19(28)8-4-17/h3-14,24H,15H2,1-2H3,(H,31,35)(H,30,32,33)/t24-/m0/s1. The van der Waals surface area contributed by atoms with Gasteiger partial charge in [-0.2, -0.15) is 4.98 Å². The van der Waals surface area contributed by atoms with E-state index in [-0.39, 0.29) is 11.7 Å². The van der Waals surface area contributed by atoms with E-state index >= 15 is 0 Å². The number of ether oxygens (including phenoxy) is 1. The third-order valence-corrected chi connectivity index (χ3v) is 7.05. The summed E-state index contributed by atoms with van der Waals surface area (Å²) in [6.07, 6.45) is 0. The zero-order chi connectivity index (χ0) is 25.9. The van der Waals surface area contributed by atoms with Crippen molar-refractivity contribution in [1.82, 2.24) is 14.8 Å². The minimum Gasteiger partial charge on any atom is -0.497 e. The lowest BCUT2D eigenvalue weighted by Crippen LogP contribution is -2.31. The number of fused-ring (bicyclic) bond motifs is 1. The lowest BCUT2D eigenvalue weighted by molar-refractivity contribution is -0.113. The Balaban J connectivity index is 1.46. The third kappa shape index (κ3) is 5.47. The molecule has 1 aliphatic rings. The van der Waals surface area contributed by atoms with Crippen LogP contribution in [0.2, 0.25) is 5.02 Å². The van der Waals surface area contributed by atoms with E-state index in [1.165, 1.54) is 23.9 Å². The van der Waals surface area contributed by atoms with E-state index in [1.54, 1.807) is 48.2 Å². The number of halogens is 2. The normalized spacial score (nSPS) is 14.6. The van der Waals surface area contributed by atoms with Crippen molar-refractivity contribution in [2.45, 2.75) is 23.9 Å². The average molecular weight is 536 g/mol. The molecule has 0 spiro atoms. The van der Waals surface area contributed by atoms with Gasteiger partial charge in [-0.25, -0.2) is 9.07 Å². The van der Waals surface area contributed by atoms with Crippen molar-refractivity contribution < 1.29 is 13.9 Å². The summed E-state index contributed by atoms with van der Waals surface area (Å²) in [6.45, 7) is 1.82. The van der Waals surface area contributed by atoms with Gasteiger partial charge in [0.15, 0.2) is 0 Å². The average Bonchev–Trinajstić information content (AvgIpc) is 3.31. The Labute approximate surface area is 222 Å². The SMILES string of the molecule is COc1ccc(NC(=O)C2=C(C)Nc3nc(SCc4ccc(Cl)cc4)nn3[C@H]2c2ccc(F)cc2)cc1. The fourth-order valence-electron chi connectivity index (χ4n) is 4.04. The third-order valence-electron chi connectivity index (χ3n) is 5.89. The predicted octanol–water partition coefficient (Wildman–Crippen LogP) is 6.30. The Kier molecular flexibility index (Phi) is 7.16. The summed E-state index contributed by atoms with van der Waals surface area (Å²) in [5, 5.41) is 12.1. The summed E-state index contributed by atoms with van der Waals surface area (Å²) >= 11 is 7.46. The van der Waals surface area contributed by atoms with E-state index in [9.17, 15) is 9.18 Å². The van der Waals surface area contributed by atoms with Crippen LogP contribution in [0.5, 0.6) is 5.75 Å². The molecule has 0 fully saturated rings. The molecule has 4 aromatic rings. The molecule has 1 aromatic heterocycles. The number of nitrogens with one attached hydrogen (secondary N) is 2. The van der Waals surface area contributed by atoms with Crippen LogP contribution in [-0.4, -0.2) is 27.8 Å². The number of anilines is 2. The molecular formula is C27H23ClFN5O2S. The molecule has 0 aliphatic carbocycles. The maximum atomic E-state index is 13.8. The van der Waals surface area contributed by atoms with E-state index < -0.39 is 6.04 Å². The van der Waals surface area contributed by atoms with Crippen LogP contribution in [0.3, 0.4) is 0 Å². The molecule has 37 heavy (non-hydrogen) atoms. The number of carbonyl (C=O) groups excluding carboxylic acids is 1. The number of nitrogens with zero attached hydrogens (tertiary/aromatic N) is 3. The van der Waals surface area contributed by atoms with Crippen LogP contribution in [0.15, 0.2) is 89.2 Å². The Bertz CT molecular complexity index is 1450.